The van der Waals surface area contributed by atoms with Crippen LogP contribution in [0.5, 0.6) is 5.75 Å². The SMILES string of the molecule is NC1c2ccccc2OCC1S(=O)c1ccc(F)cc1F. The zero-order chi connectivity index (χ0) is 15.0. The molecule has 3 nitrogen and oxygen atoms in total. The first kappa shape index (κ1) is 14.2. The van der Waals surface area contributed by atoms with Crippen molar-refractivity contribution in [2.24, 2.45) is 5.73 Å². The van der Waals surface area contributed by atoms with Crippen LogP contribution in [0.2, 0.25) is 0 Å². The number of hydrogen-bond donors (Lipinski definition) is 1. The first-order valence-electron chi connectivity index (χ1n) is 6.41. The quantitative estimate of drug-likeness (QED) is 0.927. The highest BCUT2D eigenvalue weighted by Crippen LogP contribution is 2.34. The van der Waals surface area contributed by atoms with Gasteiger partial charge in [0.1, 0.15) is 24.0 Å². The maximum atomic E-state index is 13.8. The highest BCUT2D eigenvalue weighted by atomic mass is 32.2. The maximum absolute atomic E-state index is 13.8. The van der Waals surface area contributed by atoms with Crippen LogP contribution in [0.4, 0.5) is 8.78 Å². The first-order valence-corrected chi connectivity index (χ1v) is 7.62. The van der Waals surface area contributed by atoms with Crippen LogP contribution in [0, 0.1) is 11.6 Å². The topological polar surface area (TPSA) is 52.3 Å². The second-order valence-corrected chi connectivity index (χ2v) is 6.43. The van der Waals surface area contributed by atoms with Gasteiger partial charge in [-0.3, -0.25) is 4.21 Å². The lowest BCUT2D eigenvalue weighted by atomic mass is 10.0. The Kier molecular flexibility index (Phi) is 3.73. The molecule has 0 aromatic heterocycles. The predicted molar refractivity (Wildman–Crippen MR) is 75.4 cm³/mol. The molecule has 0 amide bonds. The Hall–Kier alpha value is -1.79. The molecule has 2 N–H and O–H groups in total. The normalized spacial score (nSPS) is 22.2. The van der Waals surface area contributed by atoms with Gasteiger partial charge in [0.15, 0.2) is 0 Å². The summed E-state index contributed by atoms with van der Waals surface area (Å²) in [7, 11) is -1.72. The average molecular weight is 309 g/mol. The highest BCUT2D eigenvalue weighted by Gasteiger charge is 2.34. The van der Waals surface area contributed by atoms with Crippen LogP contribution in [0.25, 0.3) is 0 Å². The van der Waals surface area contributed by atoms with Gasteiger partial charge >= 0.3 is 0 Å². The average Bonchev–Trinajstić information content (AvgIpc) is 2.47. The monoisotopic (exact) mass is 309 g/mol. The summed E-state index contributed by atoms with van der Waals surface area (Å²) in [5.41, 5.74) is 6.88. The third kappa shape index (κ3) is 2.56. The molecule has 0 saturated heterocycles. The van der Waals surface area contributed by atoms with Gasteiger partial charge in [-0.15, -0.1) is 0 Å². The molecule has 1 heterocycles. The molecule has 1 aliphatic heterocycles. The standard InChI is InChI=1S/C15H13F2NO2S/c16-9-5-6-13(11(17)7-9)21(19)14-8-20-12-4-2-1-3-10(12)15(14)18/h1-7,14-15H,8,18H2. The molecule has 21 heavy (non-hydrogen) atoms. The van der Waals surface area contributed by atoms with Crippen LogP contribution < -0.4 is 10.5 Å². The third-order valence-electron chi connectivity index (χ3n) is 3.47. The Bertz CT molecular complexity index is 708. The van der Waals surface area contributed by atoms with Gasteiger partial charge in [-0.25, -0.2) is 8.78 Å². The van der Waals surface area contributed by atoms with E-state index in [9.17, 15) is 13.0 Å². The molecule has 0 saturated carbocycles. The van der Waals surface area contributed by atoms with Gasteiger partial charge in [0.25, 0.3) is 0 Å². The van der Waals surface area contributed by atoms with E-state index in [1.54, 1.807) is 12.1 Å². The van der Waals surface area contributed by atoms with Gasteiger partial charge in [0, 0.05) is 11.6 Å². The minimum absolute atomic E-state index is 0.0557. The maximum Gasteiger partial charge on any atom is 0.142 e. The van der Waals surface area contributed by atoms with Crippen molar-refractivity contribution in [2.45, 2.75) is 16.2 Å². The number of rotatable bonds is 2. The summed E-state index contributed by atoms with van der Waals surface area (Å²) in [5, 5.41) is -0.583. The van der Waals surface area contributed by atoms with Gasteiger partial charge in [-0.1, -0.05) is 18.2 Å². The van der Waals surface area contributed by atoms with Crippen LogP contribution in [0.15, 0.2) is 47.4 Å². The summed E-state index contributed by atoms with van der Waals surface area (Å²) in [6, 6.07) is 9.68. The van der Waals surface area contributed by atoms with Gasteiger partial charge < -0.3 is 10.5 Å². The Balaban J connectivity index is 1.93. The summed E-state index contributed by atoms with van der Waals surface area (Å²) in [5.74, 6) is -0.889. The van der Waals surface area contributed by atoms with Gasteiger partial charge in [-0.05, 0) is 18.2 Å². The first-order chi connectivity index (χ1) is 10.1. The molecule has 6 heteroatoms. The minimum Gasteiger partial charge on any atom is -0.492 e. The molecule has 110 valence electrons. The van der Waals surface area contributed by atoms with Crippen molar-refractivity contribution in [3.8, 4) is 5.75 Å². The number of halogens is 2. The van der Waals surface area contributed by atoms with E-state index < -0.39 is 33.7 Å². The molecule has 3 rings (SSSR count). The molecule has 3 unspecified atom stereocenters. The van der Waals surface area contributed by atoms with E-state index >= 15 is 0 Å². The second-order valence-electron chi connectivity index (χ2n) is 4.79. The fraction of sp³-hybridized carbons (Fsp3) is 0.200. The Morgan fingerprint density at radius 1 is 1.19 bits per heavy atom. The summed E-state index contributed by atoms with van der Waals surface area (Å²) in [6.45, 7) is 0.127. The Morgan fingerprint density at radius 3 is 2.71 bits per heavy atom. The van der Waals surface area contributed by atoms with E-state index in [1.807, 2.05) is 12.1 Å². The van der Waals surface area contributed by atoms with Crippen LogP contribution in [-0.4, -0.2) is 16.1 Å². The van der Waals surface area contributed by atoms with Crippen molar-refractivity contribution >= 4 is 10.8 Å². The molecule has 0 fully saturated rings. The van der Waals surface area contributed by atoms with Crippen molar-refractivity contribution < 1.29 is 17.7 Å². The number of hydrogen-bond acceptors (Lipinski definition) is 3. The zero-order valence-electron chi connectivity index (χ0n) is 11.0. The lowest BCUT2D eigenvalue weighted by Gasteiger charge is -2.30. The molecule has 0 bridgehead atoms. The second kappa shape index (κ2) is 5.54. The van der Waals surface area contributed by atoms with Crippen LogP contribution in [0.3, 0.4) is 0 Å². The molecule has 2 aromatic carbocycles. The van der Waals surface area contributed by atoms with E-state index in [1.165, 1.54) is 6.07 Å². The van der Waals surface area contributed by atoms with Crippen molar-refractivity contribution in [1.82, 2.24) is 0 Å². The molecule has 3 atom stereocenters. The smallest absolute Gasteiger partial charge is 0.142 e. The lowest BCUT2D eigenvalue weighted by molar-refractivity contribution is 0.273. The van der Waals surface area contributed by atoms with Gasteiger partial charge in [0.05, 0.1) is 27.0 Å². The fourth-order valence-electron chi connectivity index (χ4n) is 2.36. The van der Waals surface area contributed by atoms with E-state index in [0.29, 0.717) is 5.75 Å². The van der Waals surface area contributed by atoms with Crippen LogP contribution in [0.1, 0.15) is 11.6 Å². The largest absolute Gasteiger partial charge is 0.492 e. The Labute approximate surface area is 123 Å². The van der Waals surface area contributed by atoms with E-state index in [0.717, 1.165) is 17.7 Å². The number of ether oxygens (including phenoxy) is 1. The van der Waals surface area contributed by atoms with E-state index in [4.69, 9.17) is 10.5 Å². The highest BCUT2D eigenvalue weighted by molar-refractivity contribution is 7.85. The molecular weight excluding hydrogens is 296 g/mol. The predicted octanol–water partition coefficient (Wildman–Crippen LogP) is 2.53. The third-order valence-corrected chi connectivity index (χ3v) is 5.21. The molecule has 1 aliphatic rings. The summed E-state index contributed by atoms with van der Waals surface area (Å²) >= 11 is 0. The number of nitrogens with two attached hydrogens (primary N) is 1. The molecule has 0 radical (unpaired) electrons. The van der Waals surface area contributed by atoms with Gasteiger partial charge in [-0.2, -0.15) is 0 Å². The van der Waals surface area contributed by atoms with Crippen molar-refractivity contribution in [2.75, 3.05) is 6.61 Å². The molecule has 0 spiro atoms. The zero-order valence-corrected chi connectivity index (χ0v) is 11.8. The minimum atomic E-state index is -1.72. The fourth-order valence-corrected chi connectivity index (χ4v) is 3.74. The van der Waals surface area contributed by atoms with Crippen molar-refractivity contribution in [3.05, 3.63) is 59.7 Å². The van der Waals surface area contributed by atoms with Gasteiger partial charge in [0.2, 0.25) is 0 Å². The van der Waals surface area contributed by atoms with Crippen molar-refractivity contribution in [3.63, 3.8) is 0 Å². The Morgan fingerprint density at radius 2 is 1.95 bits per heavy atom. The molecule has 2 aromatic rings. The number of benzene rings is 2. The van der Waals surface area contributed by atoms with Crippen LogP contribution in [-0.2, 0) is 10.8 Å². The summed E-state index contributed by atoms with van der Waals surface area (Å²) in [4.78, 5) is -0.0557. The van der Waals surface area contributed by atoms with E-state index in [2.05, 4.69) is 0 Å². The molecular formula is C15H13F2NO2S. The summed E-state index contributed by atoms with van der Waals surface area (Å²) < 4.78 is 44.8. The van der Waals surface area contributed by atoms with Crippen LogP contribution >= 0.6 is 0 Å². The molecule has 0 aliphatic carbocycles. The van der Waals surface area contributed by atoms with E-state index in [-0.39, 0.29) is 11.5 Å². The number of fused-ring (bicyclic) bond motifs is 1. The summed E-state index contributed by atoms with van der Waals surface area (Å²) in [6.07, 6.45) is 0. The van der Waals surface area contributed by atoms with Crippen molar-refractivity contribution in [1.29, 1.82) is 0 Å². The lowest BCUT2D eigenvalue weighted by Crippen LogP contribution is -2.39. The number of para-hydroxylation sites is 1.